The smallest absolute Gasteiger partial charge is 0.299 e. The van der Waals surface area contributed by atoms with Gasteiger partial charge in [-0.3, -0.25) is 9.59 Å². The maximum absolute atomic E-state index is 14.0. The molecule has 1 heterocycles. The van der Waals surface area contributed by atoms with Gasteiger partial charge < -0.3 is 10.0 Å². The molecule has 1 aromatic carbocycles. The molecule has 0 radical (unpaired) electrons. The van der Waals surface area contributed by atoms with Gasteiger partial charge in [-0.2, -0.15) is 0 Å². The first-order valence-corrected chi connectivity index (χ1v) is 6.09. The van der Waals surface area contributed by atoms with Crippen LogP contribution in [0.15, 0.2) is 12.1 Å². The minimum atomic E-state index is -0.979. The molecular formula is C14H16FNO3. The lowest BCUT2D eigenvalue weighted by atomic mass is 10.1. The standard InChI is InChI=1S/C14H16FNO3/c1-8-6-9-11(10(15)7-8)16(13(18)12(9)17)5-4-14(2,3)19/h6-7,19H,4-5H2,1-3H3. The second-order valence-corrected chi connectivity index (χ2v) is 5.49. The van der Waals surface area contributed by atoms with Crippen LogP contribution in [-0.2, 0) is 4.79 Å². The van der Waals surface area contributed by atoms with Crippen molar-refractivity contribution in [3.05, 3.63) is 29.1 Å². The molecule has 0 saturated carbocycles. The third-order valence-electron chi connectivity index (χ3n) is 3.11. The van der Waals surface area contributed by atoms with Crippen molar-refractivity contribution in [1.29, 1.82) is 0 Å². The first-order chi connectivity index (χ1) is 8.70. The Balaban J connectivity index is 2.39. The summed E-state index contributed by atoms with van der Waals surface area (Å²) in [6.45, 7) is 4.98. The molecule has 0 aliphatic carbocycles. The van der Waals surface area contributed by atoms with Crippen molar-refractivity contribution in [2.24, 2.45) is 0 Å². The number of ketones is 1. The zero-order valence-corrected chi connectivity index (χ0v) is 11.2. The molecule has 0 bridgehead atoms. The molecule has 0 spiro atoms. The summed E-state index contributed by atoms with van der Waals surface area (Å²) >= 11 is 0. The fraction of sp³-hybridized carbons (Fsp3) is 0.429. The lowest BCUT2D eigenvalue weighted by Crippen LogP contribution is -2.35. The van der Waals surface area contributed by atoms with E-state index in [2.05, 4.69) is 0 Å². The lowest BCUT2D eigenvalue weighted by molar-refractivity contribution is -0.114. The number of carbonyl (C=O) groups excluding carboxylic acids is 2. The Morgan fingerprint density at radius 3 is 2.53 bits per heavy atom. The van der Waals surface area contributed by atoms with Crippen LogP contribution in [0.3, 0.4) is 0 Å². The maximum Gasteiger partial charge on any atom is 0.299 e. The Bertz CT molecular complexity index is 561. The molecule has 5 heteroatoms. The molecule has 0 aromatic heterocycles. The summed E-state index contributed by atoms with van der Waals surface area (Å²) in [4.78, 5) is 24.8. The van der Waals surface area contributed by atoms with Gasteiger partial charge in [-0.1, -0.05) is 0 Å². The highest BCUT2D eigenvalue weighted by atomic mass is 19.1. The van der Waals surface area contributed by atoms with E-state index < -0.39 is 23.1 Å². The Morgan fingerprint density at radius 2 is 1.95 bits per heavy atom. The topological polar surface area (TPSA) is 57.6 Å². The molecule has 1 amide bonds. The van der Waals surface area contributed by atoms with E-state index in [1.807, 2.05) is 0 Å². The van der Waals surface area contributed by atoms with Gasteiger partial charge in [0.2, 0.25) is 0 Å². The van der Waals surface area contributed by atoms with Crippen LogP contribution < -0.4 is 4.90 Å². The SMILES string of the molecule is Cc1cc(F)c2c(c1)C(=O)C(=O)N2CCC(C)(C)O. The van der Waals surface area contributed by atoms with Crippen molar-refractivity contribution in [2.75, 3.05) is 11.4 Å². The van der Waals surface area contributed by atoms with E-state index in [1.54, 1.807) is 20.8 Å². The highest BCUT2D eigenvalue weighted by Crippen LogP contribution is 2.33. The summed E-state index contributed by atoms with van der Waals surface area (Å²) < 4.78 is 14.0. The molecule has 0 unspecified atom stereocenters. The quantitative estimate of drug-likeness (QED) is 0.848. The average molecular weight is 265 g/mol. The number of rotatable bonds is 3. The van der Waals surface area contributed by atoms with Gasteiger partial charge in [-0.25, -0.2) is 4.39 Å². The molecule has 0 saturated heterocycles. The van der Waals surface area contributed by atoms with Crippen LogP contribution in [0, 0.1) is 12.7 Å². The van der Waals surface area contributed by atoms with Crippen LogP contribution in [0.5, 0.6) is 0 Å². The number of hydrogen-bond donors (Lipinski definition) is 1. The molecule has 0 fully saturated rings. The summed E-state index contributed by atoms with van der Waals surface area (Å²) in [5.41, 5.74) is -0.238. The molecular weight excluding hydrogens is 249 g/mol. The Morgan fingerprint density at radius 1 is 1.32 bits per heavy atom. The number of anilines is 1. The van der Waals surface area contributed by atoms with E-state index in [9.17, 15) is 19.1 Å². The highest BCUT2D eigenvalue weighted by Gasteiger charge is 2.38. The zero-order valence-electron chi connectivity index (χ0n) is 11.2. The van der Waals surface area contributed by atoms with Crippen LogP contribution >= 0.6 is 0 Å². The number of carbonyl (C=O) groups is 2. The summed E-state index contributed by atoms with van der Waals surface area (Å²) in [6, 6.07) is 2.81. The van der Waals surface area contributed by atoms with Crippen LogP contribution in [0.2, 0.25) is 0 Å². The average Bonchev–Trinajstić information content (AvgIpc) is 2.50. The van der Waals surface area contributed by atoms with E-state index >= 15 is 0 Å². The second-order valence-electron chi connectivity index (χ2n) is 5.49. The fourth-order valence-corrected chi connectivity index (χ4v) is 2.12. The third-order valence-corrected chi connectivity index (χ3v) is 3.11. The number of nitrogens with zero attached hydrogens (tertiary/aromatic N) is 1. The molecule has 1 aliphatic heterocycles. The van der Waals surface area contributed by atoms with Crippen LogP contribution in [-0.4, -0.2) is 28.9 Å². The molecule has 2 rings (SSSR count). The van der Waals surface area contributed by atoms with E-state index in [1.165, 1.54) is 12.1 Å². The van der Waals surface area contributed by atoms with Crippen molar-refractivity contribution in [3.8, 4) is 0 Å². The zero-order chi connectivity index (χ0) is 14.4. The molecule has 4 nitrogen and oxygen atoms in total. The fourth-order valence-electron chi connectivity index (χ4n) is 2.12. The minimum absolute atomic E-state index is 0.0323. The second kappa shape index (κ2) is 4.42. The maximum atomic E-state index is 14.0. The summed E-state index contributed by atoms with van der Waals surface area (Å²) in [5, 5.41) is 9.67. The van der Waals surface area contributed by atoms with Gasteiger partial charge in [0.1, 0.15) is 5.82 Å². The summed E-state index contributed by atoms with van der Waals surface area (Å²) in [6.07, 6.45) is 0.263. The van der Waals surface area contributed by atoms with E-state index in [4.69, 9.17) is 0 Å². The number of benzene rings is 1. The van der Waals surface area contributed by atoms with Crippen molar-refractivity contribution in [2.45, 2.75) is 32.8 Å². The number of halogens is 1. The van der Waals surface area contributed by atoms with Gasteiger partial charge in [0, 0.05) is 6.54 Å². The number of hydrogen-bond acceptors (Lipinski definition) is 3. The van der Waals surface area contributed by atoms with Crippen molar-refractivity contribution in [3.63, 3.8) is 0 Å². The lowest BCUT2D eigenvalue weighted by Gasteiger charge is -2.22. The van der Waals surface area contributed by atoms with Gasteiger partial charge in [0.15, 0.2) is 0 Å². The van der Waals surface area contributed by atoms with Gasteiger partial charge >= 0.3 is 0 Å². The molecule has 1 aliphatic rings. The predicted octanol–water partition coefficient (Wildman–Crippen LogP) is 1.82. The largest absolute Gasteiger partial charge is 0.390 e. The first-order valence-electron chi connectivity index (χ1n) is 6.09. The van der Waals surface area contributed by atoms with Crippen molar-refractivity contribution >= 4 is 17.4 Å². The van der Waals surface area contributed by atoms with Gasteiger partial charge in [0.05, 0.1) is 16.9 Å². The summed E-state index contributed by atoms with van der Waals surface area (Å²) in [7, 11) is 0. The number of aliphatic hydroxyl groups is 1. The minimum Gasteiger partial charge on any atom is -0.390 e. The Hall–Kier alpha value is -1.75. The van der Waals surface area contributed by atoms with Gasteiger partial charge in [0.25, 0.3) is 11.7 Å². The molecule has 102 valence electrons. The predicted molar refractivity (Wildman–Crippen MR) is 68.7 cm³/mol. The molecule has 19 heavy (non-hydrogen) atoms. The third kappa shape index (κ3) is 2.51. The number of aryl methyl sites for hydroxylation is 1. The number of amides is 1. The Labute approximate surface area is 110 Å². The number of Topliss-reactive ketones (excluding diaryl/α,β-unsaturated/α-hetero) is 1. The number of fused-ring (bicyclic) bond motifs is 1. The van der Waals surface area contributed by atoms with E-state index in [0.29, 0.717) is 5.56 Å². The van der Waals surface area contributed by atoms with Gasteiger partial charge in [-0.15, -0.1) is 0 Å². The van der Waals surface area contributed by atoms with Crippen molar-refractivity contribution in [1.82, 2.24) is 0 Å². The molecule has 0 atom stereocenters. The van der Waals surface area contributed by atoms with E-state index in [-0.39, 0.29) is 24.2 Å². The Kier molecular flexibility index (Phi) is 3.18. The first kappa shape index (κ1) is 13.7. The molecule has 1 N–H and O–H groups in total. The summed E-state index contributed by atoms with van der Waals surface area (Å²) in [5.74, 6) is -2.00. The monoisotopic (exact) mass is 265 g/mol. The normalized spacial score (nSPS) is 15.1. The van der Waals surface area contributed by atoms with E-state index in [0.717, 1.165) is 4.90 Å². The molecule has 1 aromatic rings. The van der Waals surface area contributed by atoms with Crippen LogP contribution in [0.25, 0.3) is 0 Å². The van der Waals surface area contributed by atoms with Gasteiger partial charge in [-0.05, 0) is 44.9 Å². The highest BCUT2D eigenvalue weighted by molar-refractivity contribution is 6.52. The van der Waals surface area contributed by atoms with Crippen LogP contribution in [0.4, 0.5) is 10.1 Å². The van der Waals surface area contributed by atoms with Crippen molar-refractivity contribution < 1.29 is 19.1 Å². The van der Waals surface area contributed by atoms with Crippen LogP contribution in [0.1, 0.15) is 36.2 Å².